The summed E-state index contributed by atoms with van der Waals surface area (Å²) in [6, 6.07) is 1.57. The lowest BCUT2D eigenvalue weighted by Crippen LogP contribution is -2.59. The molecular weight excluding hydrogens is 344 g/mol. The van der Waals surface area contributed by atoms with E-state index in [0.29, 0.717) is 6.04 Å². The topological polar surface area (TPSA) is 9.72 Å². The predicted octanol–water partition coefficient (Wildman–Crippen LogP) is 3.38. The lowest BCUT2D eigenvalue weighted by atomic mass is 9.81. The van der Waals surface area contributed by atoms with Crippen LogP contribution in [0.4, 0.5) is 0 Å². The number of rotatable bonds is 7. The highest BCUT2D eigenvalue weighted by atomic mass is 15.4. The van der Waals surface area contributed by atoms with Gasteiger partial charge >= 0.3 is 0 Å². The molecule has 3 saturated heterocycles. The van der Waals surface area contributed by atoms with Crippen molar-refractivity contribution in [1.29, 1.82) is 0 Å². The van der Waals surface area contributed by atoms with E-state index < -0.39 is 0 Å². The smallest absolute Gasteiger partial charge is 0.0815 e. The van der Waals surface area contributed by atoms with E-state index in [0.717, 1.165) is 17.9 Å². The van der Waals surface area contributed by atoms with Crippen LogP contribution < -0.4 is 0 Å². The molecule has 0 radical (unpaired) electrons. The zero-order valence-corrected chi connectivity index (χ0v) is 19.7. The fraction of sp³-hybridized carbons (Fsp3) is 1.00. The standard InChI is InChI=1S/C24H49N4/c1-6-22(23-8-12-25(7-2)13-9-23)20-28(5)18-10-24(11-19-28)27-16-14-26(15-17-27)21(3)4/h21-24H,6-20H2,1-5H3/q+1. The summed E-state index contributed by atoms with van der Waals surface area (Å²) in [5, 5.41) is 0. The third kappa shape index (κ3) is 5.71. The fourth-order valence-electron chi connectivity index (χ4n) is 6.26. The molecule has 1 atom stereocenters. The second-order valence-electron chi connectivity index (χ2n) is 10.6. The Morgan fingerprint density at radius 3 is 1.96 bits per heavy atom. The minimum absolute atomic E-state index is 0.712. The molecule has 3 aliphatic heterocycles. The zero-order chi connectivity index (χ0) is 20.1. The maximum Gasteiger partial charge on any atom is 0.0815 e. The molecule has 4 nitrogen and oxygen atoms in total. The number of hydrogen-bond donors (Lipinski definition) is 0. The molecule has 3 heterocycles. The van der Waals surface area contributed by atoms with E-state index in [4.69, 9.17) is 0 Å². The molecule has 0 N–H and O–H groups in total. The number of piperazine rings is 1. The third-order valence-corrected chi connectivity index (χ3v) is 8.55. The van der Waals surface area contributed by atoms with Gasteiger partial charge in [-0.3, -0.25) is 9.80 Å². The van der Waals surface area contributed by atoms with Gasteiger partial charge in [0.1, 0.15) is 0 Å². The van der Waals surface area contributed by atoms with Crippen LogP contribution in [-0.4, -0.2) is 104 Å². The zero-order valence-electron chi connectivity index (χ0n) is 19.7. The van der Waals surface area contributed by atoms with Gasteiger partial charge in [-0.05, 0) is 58.7 Å². The number of likely N-dealkylation sites (tertiary alicyclic amines) is 2. The molecule has 0 amide bonds. The summed E-state index contributed by atoms with van der Waals surface area (Å²) in [6.45, 7) is 22.7. The van der Waals surface area contributed by atoms with Crippen molar-refractivity contribution in [3.8, 4) is 0 Å². The minimum Gasteiger partial charge on any atom is -0.326 e. The molecule has 28 heavy (non-hydrogen) atoms. The van der Waals surface area contributed by atoms with Gasteiger partial charge in [0.05, 0.1) is 26.7 Å². The van der Waals surface area contributed by atoms with Gasteiger partial charge in [0.25, 0.3) is 0 Å². The monoisotopic (exact) mass is 393 g/mol. The number of hydrogen-bond acceptors (Lipinski definition) is 3. The fourth-order valence-corrected chi connectivity index (χ4v) is 6.26. The van der Waals surface area contributed by atoms with Gasteiger partial charge in [0.2, 0.25) is 0 Å². The van der Waals surface area contributed by atoms with Gasteiger partial charge in [-0.1, -0.05) is 13.8 Å². The average Bonchev–Trinajstić information content (AvgIpc) is 2.73. The van der Waals surface area contributed by atoms with Crippen LogP contribution in [0, 0.1) is 11.8 Å². The Morgan fingerprint density at radius 2 is 1.46 bits per heavy atom. The first kappa shape index (κ1) is 22.5. The molecule has 0 aromatic rings. The Hall–Kier alpha value is -0.160. The molecule has 0 bridgehead atoms. The summed E-state index contributed by atoms with van der Waals surface area (Å²) in [4.78, 5) is 8.11. The maximum atomic E-state index is 2.82. The van der Waals surface area contributed by atoms with Crippen LogP contribution in [0.3, 0.4) is 0 Å². The van der Waals surface area contributed by atoms with E-state index in [9.17, 15) is 0 Å². The summed E-state index contributed by atoms with van der Waals surface area (Å²) < 4.78 is 1.34. The number of nitrogens with zero attached hydrogens (tertiary/aromatic N) is 4. The Labute approximate surface area is 175 Å². The van der Waals surface area contributed by atoms with Gasteiger partial charge < -0.3 is 9.38 Å². The number of quaternary nitrogens is 1. The van der Waals surface area contributed by atoms with Crippen LogP contribution in [0.2, 0.25) is 0 Å². The van der Waals surface area contributed by atoms with E-state index >= 15 is 0 Å². The predicted molar refractivity (Wildman–Crippen MR) is 121 cm³/mol. The largest absolute Gasteiger partial charge is 0.326 e. The van der Waals surface area contributed by atoms with E-state index in [1.807, 2.05) is 0 Å². The summed E-state index contributed by atoms with van der Waals surface area (Å²) >= 11 is 0. The van der Waals surface area contributed by atoms with Crippen molar-refractivity contribution in [2.45, 2.75) is 71.9 Å². The van der Waals surface area contributed by atoms with Crippen molar-refractivity contribution in [2.24, 2.45) is 11.8 Å². The molecule has 0 saturated carbocycles. The first-order chi connectivity index (χ1) is 13.4. The van der Waals surface area contributed by atoms with Crippen LogP contribution in [0.25, 0.3) is 0 Å². The van der Waals surface area contributed by atoms with E-state index in [1.54, 1.807) is 0 Å². The van der Waals surface area contributed by atoms with Crippen LogP contribution >= 0.6 is 0 Å². The highest BCUT2D eigenvalue weighted by molar-refractivity contribution is 4.83. The molecular formula is C24H49N4+. The summed E-state index contributed by atoms with van der Waals surface area (Å²) in [5.74, 6) is 1.92. The molecule has 3 rings (SSSR count). The maximum absolute atomic E-state index is 2.82. The van der Waals surface area contributed by atoms with Crippen LogP contribution in [0.15, 0.2) is 0 Å². The molecule has 3 fully saturated rings. The Balaban J connectivity index is 1.45. The van der Waals surface area contributed by atoms with E-state index in [1.165, 1.54) is 102 Å². The molecule has 0 spiro atoms. The second-order valence-corrected chi connectivity index (χ2v) is 10.6. The molecule has 1 unspecified atom stereocenters. The molecule has 0 aliphatic carbocycles. The van der Waals surface area contributed by atoms with Crippen molar-refractivity contribution in [2.75, 3.05) is 72.5 Å². The highest BCUT2D eigenvalue weighted by Gasteiger charge is 2.37. The van der Waals surface area contributed by atoms with Gasteiger partial charge in [-0.15, -0.1) is 0 Å². The van der Waals surface area contributed by atoms with Crippen molar-refractivity contribution >= 4 is 0 Å². The molecule has 0 aromatic heterocycles. The highest BCUT2D eigenvalue weighted by Crippen LogP contribution is 2.31. The van der Waals surface area contributed by atoms with Gasteiger partial charge in [-0.2, -0.15) is 0 Å². The quantitative estimate of drug-likeness (QED) is 0.614. The molecule has 4 heteroatoms. The minimum atomic E-state index is 0.712. The van der Waals surface area contributed by atoms with Crippen molar-refractivity contribution in [3.05, 3.63) is 0 Å². The molecule has 3 aliphatic rings. The lowest BCUT2D eigenvalue weighted by molar-refractivity contribution is -0.918. The van der Waals surface area contributed by atoms with E-state index in [2.05, 4.69) is 49.4 Å². The van der Waals surface area contributed by atoms with E-state index in [-0.39, 0.29) is 0 Å². The second kappa shape index (κ2) is 10.2. The summed E-state index contributed by atoms with van der Waals surface area (Å²) in [6.07, 6.45) is 7.10. The Morgan fingerprint density at radius 1 is 0.857 bits per heavy atom. The first-order valence-electron chi connectivity index (χ1n) is 12.5. The van der Waals surface area contributed by atoms with Gasteiger partial charge in [-0.25, -0.2) is 0 Å². The summed E-state index contributed by atoms with van der Waals surface area (Å²) in [5.41, 5.74) is 0. The average molecular weight is 394 g/mol. The van der Waals surface area contributed by atoms with Crippen molar-refractivity contribution in [3.63, 3.8) is 0 Å². The number of piperidine rings is 2. The first-order valence-corrected chi connectivity index (χ1v) is 12.5. The molecule has 164 valence electrons. The van der Waals surface area contributed by atoms with Gasteiger partial charge in [0, 0.05) is 57.0 Å². The normalized spacial score (nSPS) is 33.4. The third-order valence-electron chi connectivity index (χ3n) is 8.55. The Bertz CT molecular complexity index is 442. The SMILES string of the molecule is CCC(C[N+]1(C)CCC(N2CCN(C(C)C)CC2)CC1)C1CCN(CC)CC1. The van der Waals surface area contributed by atoms with Crippen molar-refractivity contribution < 1.29 is 4.48 Å². The lowest BCUT2D eigenvalue weighted by Gasteiger charge is -2.48. The van der Waals surface area contributed by atoms with Crippen LogP contribution in [-0.2, 0) is 0 Å². The summed E-state index contributed by atoms with van der Waals surface area (Å²) in [7, 11) is 2.57. The van der Waals surface area contributed by atoms with Crippen LogP contribution in [0.1, 0.15) is 59.8 Å². The molecule has 0 aromatic carbocycles. The van der Waals surface area contributed by atoms with Gasteiger partial charge in [0.15, 0.2) is 0 Å². The van der Waals surface area contributed by atoms with Crippen LogP contribution in [0.5, 0.6) is 0 Å². The Kier molecular flexibility index (Phi) is 8.23. The van der Waals surface area contributed by atoms with Crippen molar-refractivity contribution in [1.82, 2.24) is 14.7 Å².